The lowest BCUT2D eigenvalue weighted by molar-refractivity contribution is 0.122. The Hall–Kier alpha value is -1.83. The number of ether oxygens (including phenoxy) is 1. The lowest BCUT2D eigenvalue weighted by Gasteiger charge is -2.37. The van der Waals surface area contributed by atoms with Gasteiger partial charge in [-0.05, 0) is 30.7 Å². The average Bonchev–Trinajstić information content (AvgIpc) is 3.53. The number of aromatic nitrogens is 2. The van der Waals surface area contributed by atoms with Crippen LogP contribution in [-0.2, 0) is 20.7 Å². The van der Waals surface area contributed by atoms with Crippen molar-refractivity contribution in [2.75, 3.05) is 36.9 Å². The molecule has 7 heteroatoms. The number of morpholine rings is 1. The molecule has 0 bridgehead atoms. The van der Waals surface area contributed by atoms with Crippen LogP contribution in [0.5, 0.6) is 0 Å². The van der Waals surface area contributed by atoms with Gasteiger partial charge in [0.25, 0.3) is 0 Å². The third-order valence-corrected chi connectivity index (χ3v) is 8.61. The van der Waals surface area contributed by atoms with Crippen LogP contribution in [0.15, 0.2) is 30.3 Å². The van der Waals surface area contributed by atoms with Gasteiger partial charge in [-0.25, -0.2) is 9.97 Å². The minimum Gasteiger partial charge on any atom is -0.399 e. The maximum absolute atomic E-state index is 11.1. The van der Waals surface area contributed by atoms with Crippen molar-refractivity contribution in [3.05, 3.63) is 36.0 Å². The van der Waals surface area contributed by atoms with E-state index in [1.165, 1.54) is 0 Å². The molecule has 1 aliphatic heterocycles. The van der Waals surface area contributed by atoms with Gasteiger partial charge in [0.15, 0.2) is 22.3 Å². The van der Waals surface area contributed by atoms with Crippen molar-refractivity contribution in [1.82, 2.24) is 9.97 Å². The van der Waals surface area contributed by atoms with Crippen LogP contribution in [0.4, 0.5) is 11.5 Å². The Labute approximate surface area is 168 Å². The molecule has 2 aromatic rings. The highest BCUT2D eigenvalue weighted by Gasteiger charge is 2.61. The molecule has 2 heterocycles. The minimum absolute atomic E-state index is 0.187. The number of nitrogens with zero attached hydrogens (tertiary/aromatic N) is 3. The molecule has 3 N–H and O–H groups in total. The Morgan fingerprint density at radius 3 is 2.43 bits per heavy atom. The van der Waals surface area contributed by atoms with E-state index in [1.54, 1.807) is 0 Å². The van der Waals surface area contributed by atoms with Gasteiger partial charge in [-0.2, -0.15) is 4.55 Å². The first-order chi connectivity index (χ1) is 13.7. The third kappa shape index (κ3) is 3.25. The molecule has 1 saturated heterocycles. The number of hydrogen-bond donors (Lipinski definition) is 2. The van der Waals surface area contributed by atoms with Crippen LogP contribution in [0.1, 0.15) is 37.8 Å². The second-order valence-electron chi connectivity index (χ2n) is 8.02. The van der Waals surface area contributed by atoms with E-state index in [1.807, 2.05) is 24.3 Å². The fraction of sp³-hybridized carbons (Fsp3) is 0.524. The quantitative estimate of drug-likeness (QED) is 0.593. The predicted molar refractivity (Wildman–Crippen MR) is 113 cm³/mol. The van der Waals surface area contributed by atoms with Gasteiger partial charge in [-0.15, -0.1) is 0 Å². The largest absolute Gasteiger partial charge is 0.399 e. The zero-order chi connectivity index (χ0) is 19.1. The Balaban J connectivity index is 1.59. The Kier molecular flexibility index (Phi) is 4.69. The average molecular weight is 400 g/mol. The van der Waals surface area contributed by atoms with Crippen LogP contribution < -0.4 is 10.6 Å². The summed E-state index contributed by atoms with van der Waals surface area (Å²) in [6.45, 7) is 3.10. The van der Waals surface area contributed by atoms with Gasteiger partial charge in [0.1, 0.15) is 11.5 Å². The first-order valence-corrected chi connectivity index (χ1v) is 11.4. The van der Waals surface area contributed by atoms with Crippen molar-refractivity contribution in [2.45, 2.75) is 42.1 Å². The maximum Gasteiger partial charge on any atom is 0.202 e. The van der Waals surface area contributed by atoms with Crippen LogP contribution in [0.2, 0.25) is 0 Å². The summed E-state index contributed by atoms with van der Waals surface area (Å²) in [7, 11) is 0. The van der Waals surface area contributed by atoms with Crippen LogP contribution in [0.25, 0.3) is 11.4 Å². The number of benzene rings is 1. The summed E-state index contributed by atoms with van der Waals surface area (Å²) in [5.41, 5.74) is 8.57. The summed E-state index contributed by atoms with van der Waals surface area (Å²) in [6, 6.07) is 9.86. The Bertz CT molecular complexity index is 846. The summed E-state index contributed by atoms with van der Waals surface area (Å²) in [5.74, 6) is 1.66. The van der Waals surface area contributed by atoms with E-state index in [9.17, 15) is 4.55 Å². The topological polar surface area (TPSA) is 84.5 Å². The van der Waals surface area contributed by atoms with E-state index in [4.69, 9.17) is 20.4 Å². The van der Waals surface area contributed by atoms with Crippen molar-refractivity contribution < 1.29 is 9.29 Å². The van der Waals surface area contributed by atoms with Gasteiger partial charge >= 0.3 is 0 Å². The van der Waals surface area contributed by atoms with Crippen LogP contribution in [-0.4, -0.2) is 46.1 Å². The normalized spacial score (nSPS) is 22.5. The second-order valence-corrected chi connectivity index (χ2v) is 10.1. The molecule has 28 heavy (non-hydrogen) atoms. The van der Waals surface area contributed by atoms with Crippen molar-refractivity contribution in [3.63, 3.8) is 0 Å². The number of nitrogens with two attached hydrogens (primary N) is 1. The lowest BCUT2D eigenvalue weighted by atomic mass is 9.81. The van der Waals surface area contributed by atoms with Crippen molar-refractivity contribution >= 4 is 22.7 Å². The smallest absolute Gasteiger partial charge is 0.202 e. The molecule has 5 rings (SSSR count). The SMILES string of the molecule is Nc1ccc(-c2nc(N3CCOCC3)cc(C3([S+](O)C4CC4)CCC3)n2)cc1. The van der Waals surface area contributed by atoms with Crippen molar-refractivity contribution in [2.24, 2.45) is 0 Å². The van der Waals surface area contributed by atoms with Gasteiger partial charge in [0.2, 0.25) is 4.75 Å². The number of anilines is 2. The lowest BCUT2D eigenvalue weighted by Crippen LogP contribution is -2.45. The monoisotopic (exact) mass is 399 g/mol. The molecule has 0 spiro atoms. The molecule has 0 radical (unpaired) electrons. The summed E-state index contributed by atoms with van der Waals surface area (Å²) < 4.78 is 16.5. The Morgan fingerprint density at radius 2 is 1.82 bits per heavy atom. The zero-order valence-corrected chi connectivity index (χ0v) is 16.8. The Morgan fingerprint density at radius 1 is 1.11 bits per heavy atom. The van der Waals surface area contributed by atoms with Gasteiger partial charge in [0, 0.05) is 56.1 Å². The fourth-order valence-electron chi connectivity index (χ4n) is 4.06. The number of rotatable bonds is 5. The van der Waals surface area contributed by atoms with Gasteiger partial charge in [-0.3, -0.25) is 0 Å². The molecule has 148 valence electrons. The third-order valence-electron chi connectivity index (χ3n) is 6.09. The number of hydrogen-bond acceptors (Lipinski definition) is 6. The van der Waals surface area contributed by atoms with Crippen LogP contribution in [0.3, 0.4) is 0 Å². The first kappa shape index (κ1) is 18.2. The zero-order valence-electron chi connectivity index (χ0n) is 16.0. The van der Waals surface area contributed by atoms with E-state index in [-0.39, 0.29) is 4.75 Å². The molecule has 1 unspecified atom stereocenters. The van der Waals surface area contributed by atoms with Gasteiger partial charge < -0.3 is 15.4 Å². The molecule has 1 aromatic heterocycles. The highest BCUT2D eigenvalue weighted by molar-refractivity contribution is 7.93. The molecule has 3 aliphatic rings. The highest BCUT2D eigenvalue weighted by Crippen LogP contribution is 2.53. The molecule has 1 atom stereocenters. The standard InChI is InChI=1S/C21H27N4O2S/c22-16-4-2-15(3-5-16)20-23-18(14-19(24-20)25-10-12-27-13-11-25)21(8-1-9-21)28(26)17-6-7-17/h2-5,14,17,26H,1,6-13,22H2/q+1. The van der Waals surface area contributed by atoms with Crippen molar-refractivity contribution in [3.8, 4) is 11.4 Å². The molecular formula is C21H27N4O2S+. The first-order valence-electron chi connectivity index (χ1n) is 10.2. The van der Waals surface area contributed by atoms with Gasteiger partial charge in [0.05, 0.1) is 13.2 Å². The molecule has 0 amide bonds. The molecule has 1 aromatic carbocycles. The van der Waals surface area contributed by atoms with E-state index in [0.29, 0.717) is 18.5 Å². The minimum atomic E-state index is -0.613. The predicted octanol–water partition coefficient (Wildman–Crippen LogP) is 3.20. The molecule has 3 fully saturated rings. The molecular weight excluding hydrogens is 372 g/mol. The van der Waals surface area contributed by atoms with E-state index >= 15 is 0 Å². The van der Waals surface area contributed by atoms with Crippen molar-refractivity contribution in [1.29, 1.82) is 0 Å². The van der Waals surface area contributed by atoms with Crippen LogP contribution in [0, 0.1) is 0 Å². The molecule has 2 saturated carbocycles. The number of nitrogen functional groups attached to an aromatic ring is 1. The fourth-order valence-corrected chi connectivity index (χ4v) is 6.31. The molecule has 2 aliphatic carbocycles. The summed E-state index contributed by atoms with van der Waals surface area (Å²) in [4.78, 5) is 12.2. The van der Waals surface area contributed by atoms with E-state index in [2.05, 4.69) is 11.0 Å². The maximum atomic E-state index is 11.1. The van der Waals surface area contributed by atoms with Gasteiger partial charge in [-0.1, -0.05) is 0 Å². The van der Waals surface area contributed by atoms with E-state index in [0.717, 1.165) is 73.8 Å². The molecule has 6 nitrogen and oxygen atoms in total. The second kappa shape index (κ2) is 7.21. The van der Waals surface area contributed by atoms with Crippen LogP contribution >= 0.6 is 0 Å². The summed E-state index contributed by atoms with van der Waals surface area (Å²) in [6.07, 6.45) is 5.49. The van der Waals surface area contributed by atoms with E-state index < -0.39 is 11.2 Å². The summed E-state index contributed by atoms with van der Waals surface area (Å²) in [5, 5.41) is 0.460. The summed E-state index contributed by atoms with van der Waals surface area (Å²) >= 11 is -0.613. The highest BCUT2D eigenvalue weighted by atomic mass is 32.2.